The Morgan fingerprint density at radius 2 is 2.22 bits per heavy atom. The number of aryl methyl sites for hydroxylation is 1. The van der Waals surface area contributed by atoms with Gasteiger partial charge in [0.25, 0.3) is 0 Å². The Morgan fingerprint density at radius 1 is 1.26 bits per heavy atom. The van der Waals surface area contributed by atoms with E-state index in [1.807, 2.05) is 12.3 Å². The van der Waals surface area contributed by atoms with Crippen LogP contribution >= 0.6 is 0 Å². The fraction of sp³-hybridized carbons (Fsp3) is 0.450. The van der Waals surface area contributed by atoms with E-state index >= 15 is 0 Å². The smallest absolute Gasteiger partial charge is 0.0421 e. The van der Waals surface area contributed by atoms with Gasteiger partial charge >= 0.3 is 0 Å². The summed E-state index contributed by atoms with van der Waals surface area (Å²) in [6.07, 6.45) is 5.47. The van der Waals surface area contributed by atoms with Crippen LogP contribution in [-0.4, -0.2) is 30.7 Å². The van der Waals surface area contributed by atoms with Crippen molar-refractivity contribution in [1.29, 1.82) is 0 Å². The molecule has 120 valence electrons. The van der Waals surface area contributed by atoms with Crippen molar-refractivity contribution < 1.29 is 0 Å². The summed E-state index contributed by atoms with van der Waals surface area (Å²) in [6, 6.07) is 13.8. The molecule has 3 heteroatoms. The number of aromatic nitrogens is 1. The molecule has 1 aromatic heterocycles. The van der Waals surface area contributed by atoms with Gasteiger partial charge < -0.3 is 10.2 Å². The van der Waals surface area contributed by atoms with E-state index in [1.165, 1.54) is 29.8 Å². The average molecular weight is 307 g/mol. The van der Waals surface area contributed by atoms with E-state index in [-0.39, 0.29) is 0 Å². The van der Waals surface area contributed by atoms with Crippen molar-refractivity contribution in [2.45, 2.75) is 38.1 Å². The molecule has 3 nitrogen and oxygen atoms in total. The van der Waals surface area contributed by atoms with Gasteiger partial charge in [-0.15, -0.1) is 0 Å². The summed E-state index contributed by atoms with van der Waals surface area (Å²) in [6.45, 7) is 5.54. The zero-order valence-electron chi connectivity index (χ0n) is 13.8. The van der Waals surface area contributed by atoms with E-state index in [9.17, 15) is 0 Å². The van der Waals surface area contributed by atoms with Crippen molar-refractivity contribution in [3.63, 3.8) is 0 Å². The normalized spacial score (nSPS) is 23.3. The first-order valence-electron chi connectivity index (χ1n) is 8.81. The fourth-order valence-electron chi connectivity index (χ4n) is 4.20. The molecular formula is C20H25N3. The van der Waals surface area contributed by atoms with Crippen LogP contribution in [0.2, 0.25) is 0 Å². The summed E-state index contributed by atoms with van der Waals surface area (Å²) in [5.41, 5.74) is 5.56. The van der Waals surface area contributed by atoms with Crippen molar-refractivity contribution in [1.82, 2.24) is 10.3 Å². The number of benzene rings is 1. The number of anilines is 1. The second-order valence-corrected chi connectivity index (χ2v) is 6.85. The predicted molar refractivity (Wildman–Crippen MR) is 95.1 cm³/mol. The van der Waals surface area contributed by atoms with Crippen LogP contribution in [-0.2, 0) is 6.42 Å². The van der Waals surface area contributed by atoms with Crippen LogP contribution in [0.3, 0.4) is 0 Å². The van der Waals surface area contributed by atoms with Gasteiger partial charge in [0.05, 0.1) is 0 Å². The zero-order valence-corrected chi connectivity index (χ0v) is 13.8. The standard InChI is InChI=1S/C20H25N3/c1-15-7-8-20-17(13-15)18-14-21-10-4-6-19(18)23(20)12-9-16-5-2-3-11-22-16/h2-3,5,7-8,11,13,18-19,21H,4,6,9-10,12,14H2,1H3. The first-order valence-corrected chi connectivity index (χ1v) is 8.81. The highest BCUT2D eigenvalue weighted by molar-refractivity contribution is 5.63. The quantitative estimate of drug-likeness (QED) is 0.943. The number of hydrogen-bond donors (Lipinski definition) is 1. The summed E-state index contributed by atoms with van der Waals surface area (Å²) in [5.74, 6) is 0.635. The van der Waals surface area contributed by atoms with Gasteiger partial charge in [-0.3, -0.25) is 4.98 Å². The molecule has 1 fully saturated rings. The SMILES string of the molecule is Cc1ccc2c(c1)C1CNCCCC1N2CCc1ccccn1. The molecule has 0 aliphatic carbocycles. The van der Waals surface area contributed by atoms with E-state index in [1.54, 1.807) is 5.56 Å². The summed E-state index contributed by atoms with van der Waals surface area (Å²) in [4.78, 5) is 7.15. The molecule has 2 aliphatic heterocycles. The number of fused-ring (bicyclic) bond motifs is 3. The molecule has 2 aromatic rings. The van der Waals surface area contributed by atoms with Gasteiger partial charge in [-0.1, -0.05) is 23.8 Å². The van der Waals surface area contributed by atoms with Gasteiger partial charge in [-0.05, 0) is 50.1 Å². The van der Waals surface area contributed by atoms with Gasteiger partial charge in [0.2, 0.25) is 0 Å². The third kappa shape index (κ3) is 2.86. The average Bonchev–Trinajstić information content (AvgIpc) is 2.73. The highest BCUT2D eigenvalue weighted by Crippen LogP contribution is 2.43. The Kier molecular flexibility index (Phi) is 4.04. The second-order valence-electron chi connectivity index (χ2n) is 6.85. The highest BCUT2D eigenvalue weighted by Gasteiger charge is 2.38. The van der Waals surface area contributed by atoms with Crippen molar-refractivity contribution in [2.24, 2.45) is 0 Å². The third-order valence-electron chi connectivity index (χ3n) is 5.31. The molecule has 23 heavy (non-hydrogen) atoms. The van der Waals surface area contributed by atoms with Crippen molar-refractivity contribution in [3.8, 4) is 0 Å². The highest BCUT2D eigenvalue weighted by atomic mass is 15.2. The Labute approximate surface area is 138 Å². The van der Waals surface area contributed by atoms with Crippen LogP contribution in [0.25, 0.3) is 0 Å². The fourth-order valence-corrected chi connectivity index (χ4v) is 4.20. The lowest BCUT2D eigenvalue weighted by Crippen LogP contribution is -2.36. The Hall–Kier alpha value is -1.87. The number of nitrogens with one attached hydrogen (secondary N) is 1. The summed E-state index contributed by atoms with van der Waals surface area (Å²) in [7, 11) is 0. The van der Waals surface area contributed by atoms with Crippen LogP contribution in [0.1, 0.15) is 35.6 Å². The lowest BCUT2D eigenvalue weighted by Gasteiger charge is -2.29. The molecule has 3 heterocycles. The summed E-state index contributed by atoms with van der Waals surface area (Å²) in [5, 5.41) is 3.63. The van der Waals surface area contributed by atoms with Gasteiger partial charge in [0.1, 0.15) is 0 Å². The molecule has 2 atom stereocenters. The molecule has 4 rings (SSSR count). The van der Waals surface area contributed by atoms with E-state index in [2.05, 4.69) is 52.5 Å². The van der Waals surface area contributed by atoms with Gasteiger partial charge in [0, 0.05) is 49.0 Å². The van der Waals surface area contributed by atoms with Crippen LogP contribution in [0.5, 0.6) is 0 Å². The maximum Gasteiger partial charge on any atom is 0.0421 e. The molecule has 0 amide bonds. The largest absolute Gasteiger partial charge is 0.367 e. The first-order chi connectivity index (χ1) is 11.3. The summed E-state index contributed by atoms with van der Waals surface area (Å²) >= 11 is 0. The number of rotatable bonds is 3. The number of nitrogens with zero attached hydrogens (tertiary/aromatic N) is 2. The Balaban J connectivity index is 1.62. The minimum Gasteiger partial charge on any atom is -0.367 e. The van der Waals surface area contributed by atoms with Crippen molar-refractivity contribution in [2.75, 3.05) is 24.5 Å². The van der Waals surface area contributed by atoms with E-state index in [0.29, 0.717) is 12.0 Å². The maximum absolute atomic E-state index is 4.49. The monoisotopic (exact) mass is 307 g/mol. The van der Waals surface area contributed by atoms with Gasteiger partial charge in [0.15, 0.2) is 0 Å². The van der Waals surface area contributed by atoms with Crippen LogP contribution < -0.4 is 10.2 Å². The van der Waals surface area contributed by atoms with Crippen molar-refractivity contribution in [3.05, 3.63) is 59.4 Å². The van der Waals surface area contributed by atoms with E-state index < -0.39 is 0 Å². The second kappa shape index (κ2) is 6.32. The van der Waals surface area contributed by atoms with E-state index in [0.717, 1.165) is 26.1 Å². The molecule has 1 saturated heterocycles. The number of hydrogen-bond acceptors (Lipinski definition) is 3. The van der Waals surface area contributed by atoms with Crippen LogP contribution in [0.15, 0.2) is 42.6 Å². The van der Waals surface area contributed by atoms with Crippen LogP contribution in [0.4, 0.5) is 5.69 Å². The van der Waals surface area contributed by atoms with Gasteiger partial charge in [-0.2, -0.15) is 0 Å². The molecule has 0 radical (unpaired) electrons. The molecule has 2 aliphatic rings. The predicted octanol–water partition coefficient (Wildman–Crippen LogP) is 3.29. The van der Waals surface area contributed by atoms with Crippen molar-refractivity contribution >= 4 is 5.69 Å². The Bertz CT molecular complexity index is 668. The first kappa shape index (κ1) is 14.7. The van der Waals surface area contributed by atoms with E-state index in [4.69, 9.17) is 0 Å². The maximum atomic E-state index is 4.49. The summed E-state index contributed by atoms with van der Waals surface area (Å²) < 4.78 is 0. The molecule has 1 N–H and O–H groups in total. The molecule has 0 saturated carbocycles. The molecule has 2 unspecified atom stereocenters. The molecule has 1 aromatic carbocycles. The zero-order chi connectivity index (χ0) is 15.6. The Morgan fingerprint density at radius 3 is 3.09 bits per heavy atom. The lowest BCUT2D eigenvalue weighted by molar-refractivity contribution is 0.511. The topological polar surface area (TPSA) is 28.2 Å². The molecular weight excluding hydrogens is 282 g/mol. The lowest BCUT2D eigenvalue weighted by atomic mass is 9.92. The minimum atomic E-state index is 0.635. The molecule has 0 bridgehead atoms. The molecule has 0 spiro atoms. The van der Waals surface area contributed by atoms with Gasteiger partial charge in [-0.25, -0.2) is 0 Å². The third-order valence-corrected chi connectivity index (χ3v) is 5.31. The minimum absolute atomic E-state index is 0.635. The van der Waals surface area contributed by atoms with Crippen LogP contribution in [0, 0.1) is 6.92 Å². The number of pyridine rings is 1.